The summed E-state index contributed by atoms with van der Waals surface area (Å²) in [6, 6.07) is 5.96. The molecular formula is C17H19NO5. The molecule has 2 rings (SSSR count). The maximum atomic E-state index is 12.0. The zero-order valence-corrected chi connectivity index (χ0v) is 13.0. The molecule has 1 aliphatic carbocycles. The molecule has 0 spiro atoms. The molecule has 1 saturated carbocycles. The van der Waals surface area contributed by atoms with Gasteiger partial charge in [0.15, 0.2) is 11.6 Å². The van der Waals surface area contributed by atoms with Crippen LogP contribution in [0.15, 0.2) is 24.3 Å². The first-order valence-electron chi connectivity index (χ1n) is 7.95. The molecule has 1 aromatic carbocycles. The SMILES string of the molecule is [2H]C1CC(=O)C(OC(=O)c2ccc(NC(=O)CC(C)C)cc2)C1=O. The summed E-state index contributed by atoms with van der Waals surface area (Å²) in [5, 5.41) is 2.71. The largest absolute Gasteiger partial charge is 0.443 e. The lowest BCUT2D eigenvalue weighted by molar-refractivity contribution is -0.133. The van der Waals surface area contributed by atoms with Gasteiger partial charge in [-0.2, -0.15) is 0 Å². The summed E-state index contributed by atoms with van der Waals surface area (Å²) < 4.78 is 12.3. The lowest BCUT2D eigenvalue weighted by atomic mass is 10.1. The first-order valence-corrected chi connectivity index (χ1v) is 7.37. The zero-order valence-electron chi connectivity index (χ0n) is 14.0. The smallest absolute Gasteiger partial charge is 0.339 e. The molecule has 1 fully saturated rings. The Labute approximate surface area is 135 Å². The number of nitrogens with one attached hydrogen (secondary N) is 1. The number of carbonyl (C=O) groups is 4. The van der Waals surface area contributed by atoms with Crippen LogP contribution < -0.4 is 5.32 Å². The predicted octanol–water partition coefficient (Wildman–Crippen LogP) is 2.13. The van der Waals surface area contributed by atoms with Crippen molar-refractivity contribution < 1.29 is 25.3 Å². The van der Waals surface area contributed by atoms with Gasteiger partial charge >= 0.3 is 5.97 Å². The highest BCUT2D eigenvalue weighted by Gasteiger charge is 2.36. The molecule has 6 heteroatoms. The van der Waals surface area contributed by atoms with E-state index < -0.39 is 30.0 Å². The molecular weight excluding hydrogens is 298 g/mol. The maximum Gasteiger partial charge on any atom is 0.339 e. The predicted molar refractivity (Wildman–Crippen MR) is 83.0 cm³/mol. The fourth-order valence-corrected chi connectivity index (χ4v) is 2.15. The minimum Gasteiger partial charge on any atom is -0.443 e. The quantitative estimate of drug-likeness (QED) is 0.663. The van der Waals surface area contributed by atoms with Gasteiger partial charge in [-0.15, -0.1) is 0 Å². The number of esters is 1. The first kappa shape index (κ1) is 15.4. The van der Waals surface area contributed by atoms with E-state index in [4.69, 9.17) is 6.11 Å². The number of ketones is 2. The Kier molecular flexibility index (Phi) is 4.80. The van der Waals surface area contributed by atoms with Crippen molar-refractivity contribution in [2.75, 3.05) is 5.32 Å². The number of anilines is 1. The van der Waals surface area contributed by atoms with Crippen LogP contribution >= 0.6 is 0 Å². The Morgan fingerprint density at radius 3 is 2.43 bits per heavy atom. The Bertz CT molecular complexity index is 668. The molecule has 0 heterocycles. The van der Waals surface area contributed by atoms with Crippen molar-refractivity contribution in [2.24, 2.45) is 5.92 Å². The number of carbonyl (C=O) groups excluding carboxylic acids is 4. The number of benzene rings is 1. The Balaban J connectivity index is 1.97. The van der Waals surface area contributed by atoms with E-state index in [-0.39, 0.29) is 23.8 Å². The second-order valence-corrected chi connectivity index (χ2v) is 5.79. The van der Waals surface area contributed by atoms with Crippen molar-refractivity contribution in [3.63, 3.8) is 0 Å². The van der Waals surface area contributed by atoms with Gasteiger partial charge in [0.2, 0.25) is 12.0 Å². The maximum absolute atomic E-state index is 12.0. The van der Waals surface area contributed by atoms with E-state index in [1.807, 2.05) is 13.8 Å². The van der Waals surface area contributed by atoms with Gasteiger partial charge in [-0.25, -0.2) is 4.79 Å². The minimum atomic E-state index is -1.48. The molecule has 0 radical (unpaired) electrons. The van der Waals surface area contributed by atoms with E-state index in [0.29, 0.717) is 12.1 Å². The van der Waals surface area contributed by atoms with Crippen molar-refractivity contribution in [2.45, 2.75) is 39.2 Å². The van der Waals surface area contributed by atoms with Gasteiger partial charge in [-0.1, -0.05) is 13.8 Å². The molecule has 1 aromatic rings. The fraction of sp³-hybridized carbons (Fsp3) is 0.412. The van der Waals surface area contributed by atoms with Crippen molar-refractivity contribution in [3.05, 3.63) is 29.8 Å². The highest BCUT2D eigenvalue weighted by molar-refractivity contribution is 6.13. The lowest BCUT2D eigenvalue weighted by Gasteiger charge is -2.10. The molecule has 1 amide bonds. The van der Waals surface area contributed by atoms with Crippen LogP contribution in [0.2, 0.25) is 0 Å². The summed E-state index contributed by atoms with van der Waals surface area (Å²) >= 11 is 0. The van der Waals surface area contributed by atoms with Gasteiger partial charge in [0.1, 0.15) is 0 Å². The molecule has 0 aromatic heterocycles. The minimum absolute atomic E-state index is 0.121. The molecule has 6 nitrogen and oxygen atoms in total. The van der Waals surface area contributed by atoms with Gasteiger partial charge in [0.05, 0.1) is 5.56 Å². The van der Waals surface area contributed by atoms with E-state index in [9.17, 15) is 19.2 Å². The van der Waals surface area contributed by atoms with Gasteiger partial charge in [0.25, 0.3) is 0 Å². The highest BCUT2D eigenvalue weighted by atomic mass is 16.6. The van der Waals surface area contributed by atoms with E-state index in [2.05, 4.69) is 5.32 Å². The first-order chi connectivity index (χ1) is 11.3. The average molecular weight is 318 g/mol. The molecule has 23 heavy (non-hydrogen) atoms. The number of hydrogen-bond donors (Lipinski definition) is 1. The summed E-state index contributed by atoms with van der Waals surface area (Å²) in [7, 11) is 0. The van der Waals surface area contributed by atoms with Gasteiger partial charge in [-0.3, -0.25) is 14.4 Å². The number of amides is 1. The summed E-state index contributed by atoms with van der Waals surface area (Å²) in [5.41, 5.74) is 0.697. The molecule has 2 atom stereocenters. The standard InChI is InChI=1S/C17H19NO5/c1-10(2)9-15(21)18-12-5-3-11(4-6-12)17(22)23-16-13(19)7-8-14(16)20/h3-6,10,16H,7-9H2,1-2H3,(H,18,21)/i7D. The van der Waals surface area contributed by atoms with Crippen molar-refractivity contribution in [3.8, 4) is 0 Å². The lowest BCUT2D eigenvalue weighted by Crippen LogP contribution is -2.28. The highest BCUT2D eigenvalue weighted by Crippen LogP contribution is 2.17. The topological polar surface area (TPSA) is 89.5 Å². The second-order valence-electron chi connectivity index (χ2n) is 5.79. The van der Waals surface area contributed by atoms with E-state index in [0.717, 1.165) is 0 Å². The Hall–Kier alpha value is -2.50. The molecule has 122 valence electrons. The number of Topliss-reactive ketones (excluding diaryl/α,β-unsaturated/α-hetero) is 2. The Morgan fingerprint density at radius 2 is 1.91 bits per heavy atom. The average Bonchev–Trinajstić information content (AvgIpc) is 2.73. The third-order valence-electron chi connectivity index (χ3n) is 3.28. The van der Waals surface area contributed by atoms with Crippen LogP contribution in [0.25, 0.3) is 0 Å². The third-order valence-corrected chi connectivity index (χ3v) is 3.28. The van der Waals surface area contributed by atoms with Crippen LogP contribution in [0.5, 0.6) is 0 Å². The van der Waals surface area contributed by atoms with Crippen molar-refractivity contribution in [1.82, 2.24) is 0 Å². The number of ether oxygens (including phenoxy) is 1. The third kappa shape index (κ3) is 4.48. The zero-order chi connectivity index (χ0) is 17.9. The monoisotopic (exact) mass is 318 g/mol. The number of rotatable bonds is 5. The molecule has 0 saturated heterocycles. The van der Waals surface area contributed by atoms with Crippen LogP contribution in [0.3, 0.4) is 0 Å². The van der Waals surface area contributed by atoms with Gasteiger partial charge < -0.3 is 10.1 Å². The second kappa shape index (κ2) is 7.17. The molecule has 2 unspecified atom stereocenters. The van der Waals surface area contributed by atoms with Crippen LogP contribution in [0.4, 0.5) is 5.69 Å². The van der Waals surface area contributed by atoms with Crippen LogP contribution in [-0.4, -0.2) is 29.5 Å². The normalized spacial score (nSPS) is 21.3. The summed E-state index contributed by atoms with van der Waals surface area (Å²) in [6.07, 6.45) is -2.47. The summed E-state index contributed by atoms with van der Waals surface area (Å²) in [4.78, 5) is 46.9. The van der Waals surface area contributed by atoms with E-state index >= 15 is 0 Å². The van der Waals surface area contributed by atoms with Crippen molar-refractivity contribution >= 4 is 29.1 Å². The van der Waals surface area contributed by atoms with Gasteiger partial charge in [0, 0.05) is 26.3 Å². The van der Waals surface area contributed by atoms with E-state index in [1.54, 1.807) is 12.1 Å². The fourth-order valence-electron chi connectivity index (χ4n) is 2.15. The molecule has 1 aliphatic rings. The molecule has 0 bridgehead atoms. The number of hydrogen-bond acceptors (Lipinski definition) is 5. The van der Waals surface area contributed by atoms with Crippen LogP contribution in [-0.2, 0) is 19.1 Å². The van der Waals surface area contributed by atoms with Gasteiger partial charge in [-0.05, 0) is 30.2 Å². The summed E-state index contributed by atoms with van der Waals surface area (Å²) in [5.74, 6) is -1.93. The molecule has 1 N–H and O–H groups in total. The Morgan fingerprint density at radius 1 is 1.26 bits per heavy atom. The summed E-state index contributed by atoms with van der Waals surface area (Å²) in [6.45, 7) is 3.87. The molecule has 0 aliphatic heterocycles. The van der Waals surface area contributed by atoms with Crippen LogP contribution in [0.1, 0.15) is 44.8 Å². The van der Waals surface area contributed by atoms with E-state index in [1.165, 1.54) is 12.1 Å². The van der Waals surface area contributed by atoms with Crippen LogP contribution in [0, 0.1) is 5.92 Å². The van der Waals surface area contributed by atoms with Crippen molar-refractivity contribution in [1.29, 1.82) is 0 Å².